The Kier molecular flexibility index (Phi) is 12.6. The predicted octanol–water partition coefficient (Wildman–Crippen LogP) is 3.92. The summed E-state index contributed by atoms with van der Waals surface area (Å²) in [6, 6.07) is 0. The second-order valence-corrected chi connectivity index (χ2v) is 8.23. The van der Waals surface area contributed by atoms with Crippen molar-refractivity contribution in [2.75, 3.05) is 6.61 Å². The Labute approximate surface area is 174 Å². The zero-order valence-corrected chi connectivity index (χ0v) is 17.9. The van der Waals surface area contributed by atoms with E-state index < -0.39 is 42.3 Å². The van der Waals surface area contributed by atoms with Gasteiger partial charge in [-0.2, -0.15) is 0 Å². The summed E-state index contributed by atoms with van der Waals surface area (Å²) < 4.78 is 9.60. The zero-order chi connectivity index (χ0) is 21.6. The minimum Gasteiger partial charge on any atom is -0.505 e. The maximum Gasteiger partial charge on any atom is 0.378 e. The third-order valence-corrected chi connectivity index (χ3v) is 5.09. The Morgan fingerprint density at radius 2 is 1.52 bits per heavy atom. The first kappa shape index (κ1) is 25.4. The Morgan fingerprint density at radius 3 is 2.03 bits per heavy atom. The minimum absolute atomic E-state index is 0.146. The van der Waals surface area contributed by atoms with Crippen molar-refractivity contribution in [2.24, 2.45) is 5.92 Å². The Morgan fingerprint density at radius 1 is 1.00 bits per heavy atom. The summed E-state index contributed by atoms with van der Waals surface area (Å²) in [4.78, 5) is 23.5. The molecule has 0 radical (unpaired) electrons. The molecule has 7 nitrogen and oxygen atoms in total. The van der Waals surface area contributed by atoms with Gasteiger partial charge in [0, 0.05) is 6.42 Å². The van der Waals surface area contributed by atoms with E-state index in [0.29, 0.717) is 6.42 Å². The molecule has 1 heterocycles. The van der Waals surface area contributed by atoms with Crippen molar-refractivity contribution in [2.45, 2.75) is 103 Å². The molecule has 0 spiro atoms. The van der Waals surface area contributed by atoms with Gasteiger partial charge in [-0.15, -0.1) is 0 Å². The number of aliphatic hydroxyl groups excluding tert-OH is 3. The second-order valence-electron chi connectivity index (χ2n) is 8.23. The fourth-order valence-corrected chi connectivity index (χ4v) is 3.31. The maximum atomic E-state index is 11.9. The lowest BCUT2D eigenvalue weighted by Gasteiger charge is -2.13. The van der Waals surface area contributed by atoms with E-state index in [0.717, 1.165) is 25.2 Å². The second kappa shape index (κ2) is 14.4. The number of hydrogen-bond donors (Lipinski definition) is 3. The van der Waals surface area contributed by atoms with Gasteiger partial charge in [-0.1, -0.05) is 78.1 Å². The van der Waals surface area contributed by atoms with E-state index in [1.165, 1.54) is 44.9 Å². The molecule has 3 N–H and O–H groups in total. The van der Waals surface area contributed by atoms with Crippen LogP contribution in [0.1, 0.15) is 90.9 Å². The summed E-state index contributed by atoms with van der Waals surface area (Å²) in [5, 5.41) is 28.2. The number of esters is 2. The van der Waals surface area contributed by atoms with Crippen molar-refractivity contribution >= 4 is 11.9 Å². The lowest BCUT2D eigenvalue weighted by Crippen LogP contribution is -2.31. The van der Waals surface area contributed by atoms with Gasteiger partial charge in [0.2, 0.25) is 0 Å². The van der Waals surface area contributed by atoms with Crippen molar-refractivity contribution in [3.8, 4) is 0 Å². The summed E-state index contributed by atoms with van der Waals surface area (Å²) in [5.41, 5.74) is 0. The largest absolute Gasteiger partial charge is 0.505 e. The van der Waals surface area contributed by atoms with Crippen LogP contribution in [0.25, 0.3) is 0 Å². The molecule has 168 valence electrons. The highest BCUT2D eigenvalue weighted by Gasteiger charge is 2.41. The molecule has 7 heteroatoms. The van der Waals surface area contributed by atoms with Crippen LogP contribution < -0.4 is 0 Å². The van der Waals surface area contributed by atoms with Crippen molar-refractivity contribution in [3.05, 3.63) is 11.5 Å². The summed E-state index contributed by atoms with van der Waals surface area (Å²) in [7, 11) is 0. The number of rotatable bonds is 16. The molecule has 1 rings (SSSR count). The Hall–Kier alpha value is -1.60. The molecule has 29 heavy (non-hydrogen) atoms. The van der Waals surface area contributed by atoms with Crippen molar-refractivity contribution in [1.82, 2.24) is 0 Å². The van der Waals surface area contributed by atoms with Crippen molar-refractivity contribution < 1.29 is 34.4 Å². The summed E-state index contributed by atoms with van der Waals surface area (Å²) in [6.07, 6.45) is 10.1. The number of cyclic esters (lactones) is 1. The smallest absolute Gasteiger partial charge is 0.378 e. The predicted molar refractivity (Wildman–Crippen MR) is 109 cm³/mol. The number of ether oxygens (including phenoxy) is 2. The lowest BCUT2D eigenvalue weighted by atomic mass is 10.0. The van der Waals surface area contributed by atoms with E-state index in [4.69, 9.17) is 14.6 Å². The van der Waals surface area contributed by atoms with Gasteiger partial charge in [-0.05, 0) is 12.3 Å². The molecule has 0 aromatic carbocycles. The van der Waals surface area contributed by atoms with Gasteiger partial charge in [0.05, 0.1) is 6.61 Å². The first-order valence-corrected chi connectivity index (χ1v) is 11.0. The van der Waals surface area contributed by atoms with Gasteiger partial charge >= 0.3 is 11.9 Å². The van der Waals surface area contributed by atoms with E-state index in [1.807, 2.05) is 0 Å². The normalized spacial score (nSPS) is 17.7. The third kappa shape index (κ3) is 10.1. The van der Waals surface area contributed by atoms with Crippen LogP contribution in [0.2, 0.25) is 0 Å². The molecular weight excluding hydrogens is 376 g/mol. The van der Waals surface area contributed by atoms with Gasteiger partial charge in [-0.25, -0.2) is 4.79 Å². The first-order valence-electron chi connectivity index (χ1n) is 11.0. The summed E-state index contributed by atoms with van der Waals surface area (Å²) in [5.74, 6) is -2.09. The fourth-order valence-electron chi connectivity index (χ4n) is 3.31. The SMILES string of the molecule is CC(C)CCCCCCCCCCCCC(=O)OC1=C(O)[C@@H]([C@@H](O)CO)OC1=O. The topological polar surface area (TPSA) is 113 Å². The number of carbonyl (C=O) groups is 2. The van der Waals surface area contributed by atoms with E-state index in [9.17, 15) is 19.8 Å². The zero-order valence-electron chi connectivity index (χ0n) is 17.9. The van der Waals surface area contributed by atoms with Crippen LogP contribution in [0, 0.1) is 5.92 Å². The molecule has 0 fully saturated rings. The molecule has 0 saturated heterocycles. The Balaban J connectivity index is 2.06. The maximum absolute atomic E-state index is 11.9. The van der Waals surface area contributed by atoms with Gasteiger partial charge < -0.3 is 24.8 Å². The summed E-state index contributed by atoms with van der Waals surface area (Å²) in [6.45, 7) is 3.84. The highest BCUT2D eigenvalue weighted by molar-refractivity contribution is 5.92. The average Bonchev–Trinajstić information content (AvgIpc) is 2.96. The molecule has 0 saturated carbocycles. The minimum atomic E-state index is -1.46. The summed E-state index contributed by atoms with van der Waals surface area (Å²) >= 11 is 0. The van der Waals surface area contributed by atoms with Gasteiger partial charge in [-0.3, -0.25) is 4.79 Å². The van der Waals surface area contributed by atoms with E-state index in [-0.39, 0.29) is 6.42 Å². The standard InChI is InChI=1S/C22H38O7/c1-16(2)13-11-9-7-5-3-4-6-8-10-12-14-18(25)28-21-19(26)20(17(24)15-23)29-22(21)27/h16-17,20,23-24,26H,3-15H2,1-2H3/t17-,20+/m0/s1. The first-order chi connectivity index (χ1) is 13.9. The molecule has 0 aromatic heterocycles. The van der Waals surface area contributed by atoms with Crippen LogP contribution in [0.15, 0.2) is 11.5 Å². The van der Waals surface area contributed by atoms with Crippen LogP contribution in [-0.4, -0.2) is 46.1 Å². The number of aliphatic hydroxyl groups is 3. The van der Waals surface area contributed by atoms with E-state index >= 15 is 0 Å². The van der Waals surface area contributed by atoms with Crippen LogP contribution in [0.4, 0.5) is 0 Å². The van der Waals surface area contributed by atoms with Crippen LogP contribution in [-0.2, 0) is 19.1 Å². The third-order valence-electron chi connectivity index (χ3n) is 5.09. The Bertz CT molecular complexity index is 527. The highest BCUT2D eigenvalue weighted by atomic mass is 16.6. The molecular formula is C22H38O7. The average molecular weight is 415 g/mol. The van der Waals surface area contributed by atoms with Crippen molar-refractivity contribution in [1.29, 1.82) is 0 Å². The van der Waals surface area contributed by atoms with Gasteiger partial charge in [0.25, 0.3) is 5.76 Å². The van der Waals surface area contributed by atoms with Crippen molar-refractivity contribution in [3.63, 3.8) is 0 Å². The molecule has 0 aromatic rings. The van der Waals surface area contributed by atoms with E-state index in [2.05, 4.69) is 13.8 Å². The quantitative estimate of drug-likeness (QED) is 0.259. The van der Waals surface area contributed by atoms with Gasteiger partial charge in [0.1, 0.15) is 6.10 Å². The fraction of sp³-hybridized carbons (Fsp3) is 0.818. The molecule has 2 atom stereocenters. The molecule has 1 aliphatic rings. The highest BCUT2D eigenvalue weighted by Crippen LogP contribution is 2.24. The monoisotopic (exact) mass is 414 g/mol. The molecule has 0 amide bonds. The number of carbonyl (C=O) groups excluding carboxylic acids is 2. The van der Waals surface area contributed by atoms with Crippen LogP contribution in [0.3, 0.4) is 0 Å². The van der Waals surface area contributed by atoms with Gasteiger partial charge in [0.15, 0.2) is 11.9 Å². The molecule has 0 bridgehead atoms. The molecule has 0 aliphatic carbocycles. The molecule has 0 unspecified atom stereocenters. The van der Waals surface area contributed by atoms with E-state index in [1.54, 1.807) is 0 Å². The molecule has 1 aliphatic heterocycles. The number of hydrogen-bond acceptors (Lipinski definition) is 7. The lowest BCUT2D eigenvalue weighted by molar-refractivity contribution is -0.153. The number of unbranched alkanes of at least 4 members (excludes halogenated alkanes) is 9. The van der Waals surface area contributed by atoms with Crippen LogP contribution >= 0.6 is 0 Å². The van der Waals surface area contributed by atoms with Crippen LogP contribution in [0.5, 0.6) is 0 Å².